The Bertz CT molecular complexity index is 513. The summed E-state index contributed by atoms with van der Waals surface area (Å²) in [5.74, 6) is 1.87. The van der Waals surface area contributed by atoms with Crippen molar-refractivity contribution in [1.82, 2.24) is 15.1 Å². The fourth-order valence-corrected chi connectivity index (χ4v) is 3.12. The Morgan fingerprint density at radius 2 is 1.96 bits per heavy atom. The molecule has 1 aliphatic rings. The highest BCUT2D eigenvalue weighted by atomic mass is 32.2. The number of hydrogen-bond donors (Lipinski definition) is 1. The number of likely N-dealkylation sites (N-methyl/N-ethyl adjacent to an activating group) is 1. The van der Waals surface area contributed by atoms with Crippen molar-refractivity contribution in [2.24, 2.45) is 4.99 Å². The van der Waals surface area contributed by atoms with Crippen LogP contribution in [0.4, 0.5) is 0 Å². The second-order valence-corrected chi connectivity index (χ2v) is 6.88. The number of thioether (sulfide) groups is 1. The molecule has 1 amide bonds. The number of carbonyl (C=O) groups excluding carboxylic acids is 1. The second-order valence-electron chi connectivity index (χ2n) is 5.71. The summed E-state index contributed by atoms with van der Waals surface area (Å²) in [6, 6.07) is 10.4. The molecule has 1 heterocycles. The number of benzene rings is 1. The molecule has 1 aliphatic heterocycles. The lowest BCUT2D eigenvalue weighted by atomic mass is 10.4. The highest BCUT2D eigenvalue weighted by molar-refractivity contribution is 7.99. The minimum atomic E-state index is 0.0298. The SMILES string of the molecule is CN(C)C(=O)CN=C(NCCSc1ccccc1)N1CCCC1. The van der Waals surface area contributed by atoms with E-state index in [9.17, 15) is 4.79 Å². The van der Waals surface area contributed by atoms with Gasteiger partial charge in [-0.15, -0.1) is 11.8 Å². The van der Waals surface area contributed by atoms with Crippen molar-refractivity contribution in [3.8, 4) is 0 Å². The van der Waals surface area contributed by atoms with Crippen LogP contribution in [-0.4, -0.2) is 67.7 Å². The van der Waals surface area contributed by atoms with Gasteiger partial charge in [-0.25, -0.2) is 4.99 Å². The zero-order valence-electron chi connectivity index (χ0n) is 14.0. The van der Waals surface area contributed by atoms with Gasteiger partial charge in [0.2, 0.25) is 5.91 Å². The van der Waals surface area contributed by atoms with E-state index in [-0.39, 0.29) is 12.5 Å². The topological polar surface area (TPSA) is 47.9 Å². The normalized spacial score (nSPS) is 14.9. The summed E-state index contributed by atoms with van der Waals surface area (Å²) in [7, 11) is 3.52. The lowest BCUT2D eigenvalue weighted by Gasteiger charge is -2.21. The summed E-state index contributed by atoms with van der Waals surface area (Å²) in [6.07, 6.45) is 2.39. The van der Waals surface area contributed by atoms with Gasteiger partial charge >= 0.3 is 0 Å². The number of rotatable bonds is 6. The zero-order valence-corrected chi connectivity index (χ0v) is 14.8. The molecule has 0 unspecified atom stereocenters. The predicted octanol–water partition coefficient (Wildman–Crippen LogP) is 1.91. The first kappa shape index (κ1) is 17.7. The minimum Gasteiger partial charge on any atom is -0.355 e. The maximum Gasteiger partial charge on any atom is 0.243 e. The van der Waals surface area contributed by atoms with E-state index in [1.165, 1.54) is 17.7 Å². The molecule has 23 heavy (non-hydrogen) atoms. The van der Waals surface area contributed by atoms with Crippen molar-refractivity contribution in [3.63, 3.8) is 0 Å². The van der Waals surface area contributed by atoms with Crippen molar-refractivity contribution in [3.05, 3.63) is 30.3 Å². The number of nitrogens with one attached hydrogen (secondary N) is 1. The van der Waals surface area contributed by atoms with Crippen molar-refractivity contribution >= 4 is 23.6 Å². The van der Waals surface area contributed by atoms with E-state index >= 15 is 0 Å². The van der Waals surface area contributed by atoms with Crippen LogP contribution in [0.2, 0.25) is 0 Å². The van der Waals surface area contributed by atoms with Crippen molar-refractivity contribution in [2.75, 3.05) is 46.0 Å². The molecule has 1 N–H and O–H groups in total. The maximum absolute atomic E-state index is 11.7. The predicted molar refractivity (Wildman–Crippen MR) is 97.0 cm³/mol. The number of carbonyl (C=O) groups is 1. The fraction of sp³-hybridized carbons (Fsp3) is 0.529. The first-order valence-corrected chi connectivity index (χ1v) is 9.06. The van der Waals surface area contributed by atoms with Gasteiger partial charge in [-0.05, 0) is 25.0 Å². The molecule has 0 aliphatic carbocycles. The molecule has 0 radical (unpaired) electrons. The Kier molecular flexibility index (Phi) is 7.26. The highest BCUT2D eigenvalue weighted by Crippen LogP contribution is 2.16. The summed E-state index contributed by atoms with van der Waals surface area (Å²) in [5.41, 5.74) is 0. The van der Waals surface area contributed by atoms with Crippen LogP contribution >= 0.6 is 11.8 Å². The van der Waals surface area contributed by atoms with Crippen LogP contribution in [0.25, 0.3) is 0 Å². The maximum atomic E-state index is 11.7. The third kappa shape index (κ3) is 6.14. The van der Waals surface area contributed by atoms with Crippen molar-refractivity contribution in [1.29, 1.82) is 0 Å². The molecule has 6 heteroatoms. The van der Waals surface area contributed by atoms with Crippen LogP contribution in [0.1, 0.15) is 12.8 Å². The van der Waals surface area contributed by atoms with E-state index in [1.807, 2.05) is 17.8 Å². The number of hydrogen-bond acceptors (Lipinski definition) is 3. The monoisotopic (exact) mass is 334 g/mol. The fourth-order valence-electron chi connectivity index (χ4n) is 2.33. The van der Waals surface area contributed by atoms with E-state index in [0.717, 1.165) is 31.3 Å². The van der Waals surface area contributed by atoms with Gasteiger partial charge in [-0.3, -0.25) is 4.79 Å². The van der Waals surface area contributed by atoms with Crippen LogP contribution in [0.5, 0.6) is 0 Å². The van der Waals surface area contributed by atoms with Gasteiger partial charge in [0.05, 0.1) is 0 Å². The molecule has 1 fully saturated rings. The molecule has 0 spiro atoms. The Morgan fingerprint density at radius 1 is 1.26 bits per heavy atom. The van der Waals surface area contributed by atoms with E-state index in [4.69, 9.17) is 0 Å². The Labute approximate surface area is 143 Å². The van der Waals surface area contributed by atoms with Gasteiger partial charge in [-0.1, -0.05) is 18.2 Å². The van der Waals surface area contributed by atoms with Gasteiger partial charge in [0, 0.05) is 44.4 Å². The lowest BCUT2D eigenvalue weighted by molar-refractivity contribution is -0.127. The number of likely N-dealkylation sites (tertiary alicyclic amines) is 1. The number of guanidine groups is 1. The molecule has 126 valence electrons. The van der Waals surface area contributed by atoms with Gasteiger partial charge in [0.25, 0.3) is 0 Å². The van der Waals surface area contributed by atoms with E-state index in [1.54, 1.807) is 19.0 Å². The van der Waals surface area contributed by atoms with Crippen LogP contribution in [0, 0.1) is 0 Å². The number of aliphatic imine (C=N–C) groups is 1. The molecule has 2 rings (SSSR count). The number of amides is 1. The summed E-state index contributed by atoms with van der Waals surface area (Å²) in [5, 5.41) is 3.41. The van der Waals surface area contributed by atoms with Crippen LogP contribution in [-0.2, 0) is 4.79 Å². The Balaban J connectivity index is 1.82. The third-order valence-corrected chi connectivity index (χ3v) is 4.68. The van der Waals surface area contributed by atoms with Crippen molar-refractivity contribution in [2.45, 2.75) is 17.7 Å². The third-order valence-electron chi connectivity index (χ3n) is 3.67. The molecule has 0 saturated carbocycles. The van der Waals surface area contributed by atoms with Gasteiger partial charge in [0.15, 0.2) is 5.96 Å². The quantitative estimate of drug-likeness (QED) is 0.374. The van der Waals surface area contributed by atoms with Gasteiger partial charge in [0.1, 0.15) is 6.54 Å². The molecule has 0 bridgehead atoms. The summed E-state index contributed by atoms with van der Waals surface area (Å²) >= 11 is 1.82. The van der Waals surface area contributed by atoms with E-state index in [0.29, 0.717) is 0 Å². The molecule has 1 saturated heterocycles. The minimum absolute atomic E-state index is 0.0298. The Hall–Kier alpha value is -1.69. The average Bonchev–Trinajstić information content (AvgIpc) is 3.09. The highest BCUT2D eigenvalue weighted by Gasteiger charge is 2.16. The van der Waals surface area contributed by atoms with Crippen LogP contribution < -0.4 is 5.32 Å². The average molecular weight is 334 g/mol. The van der Waals surface area contributed by atoms with E-state index < -0.39 is 0 Å². The first-order valence-electron chi connectivity index (χ1n) is 8.08. The molecule has 1 aromatic rings. The molecule has 0 atom stereocenters. The molecule has 0 aromatic heterocycles. The lowest BCUT2D eigenvalue weighted by Crippen LogP contribution is -2.41. The van der Waals surface area contributed by atoms with Gasteiger partial charge in [-0.2, -0.15) is 0 Å². The molecule has 5 nitrogen and oxygen atoms in total. The van der Waals surface area contributed by atoms with E-state index in [2.05, 4.69) is 39.5 Å². The molecular weight excluding hydrogens is 308 g/mol. The van der Waals surface area contributed by atoms with Crippen LogP contribution in [0.3, 0.4) is 0 Å². The van der Waals surface area contributed by atoms with Crippen molar-refractivity contribution < 1.29 is 4.79 Å². The van der Waals surface area contributed by atoms with Gasteiger partial charge < -0.3 is 15.1 Å². The largest absolute Gasteiger partial charge is 0.355 e. The molecular formula is C17H26N4OS. The smallest absolute Gasteiger partial charge is 0.243 e. The summed E-state index contributed by atoms with van der Waals surface area (Å²) < 4.78 is 0. The summed E-state index contributed by atoms with van der Waals surface area (Å²) in [4.78, 5) is 21.3. The first-order chi connectivity index (χ1) is 11.2. The number of nitrogens with zero attached hydrogens (tertiary/aromatic N) is 3. The summed E-state index contributed by atoms with van der Waals surface area (Å²) in [6.45, 7) is 3.09. The Morgan fingerprint density at radius 3 is 2.61 bits per heavy atom. The van der Waals surface area contributed by atoms with Crippen LogP contribution in [0.15, 0.2) is 40.2 Å². The second kappa shape index (κ2) is 9.45. The molecule has 1 aromatic carbocycles. The standard InChI is InChI=1S/C17H26N4OS/c1-20(2)16(22)14-19-17(21-11-6-7-12-21)18-10-13-23-15-8-4-3-5-9-15/h3-5,8-9H,6-7,10-14H2,1-2H3,(H,18,19). The zero-order chi connectivity index (χ0) is 16.5.